The van der Waals surface area contributed by atoms with Crippen LogP contribution in [-0.2, 0) is 4.74 Å². The lowest BCUT2D eigenvalue weighted by Gasteiger charge is -2.25. The summed E-state index contributed by atoms with van der Waals surface area (Å²) in [6.45, 7) is 0.838. The molecule has 1 aliphatic heterocycles. The maximum atomic E-state index is 6.21. The molecule has 0 amide bonds. The van der Waals surface area contributed by atoms with Crippen molar-refractivity contribution >= 4 is 23.2 Å². The van der Waals surface area contributed by atoms with Gasteiger partial charge in [0.2, 0.25) is 0 Å². The number of hydrogen-bond acceptors (Lipinski definition) is 1. The quantitative estimate of drug-likeness (QED) is 0.602. The first-order valence-corrected chi connectivity index (χ1v) is 11.7. The second kappa shape index (κ2) is 9.92. The second-order valence-electron chi connectivity index (χ2n) is 6.98. The predicted octanol–water partition coefficient (Wildman–Crippen LogP) is 2.42. The number of allylic oxidation sites excluding steroid dienone is 1. The molecule has 0 bridgehead atoms. The van der Waals surface area contributed by atoms with Crippen LogP contribution >= 0.6 is 7.26 Å². The zero-order valence-corrected chi connectivity index (χ0v) is 17.7. The molecule has 0 radical (unpaired) electrons. The molecule has 0 aromatic heterocycles. The maximum absolute atomic E-state index is 6.21. The molecule has 3 aromatic rings. The lowest BCUT2D eigenvalue weighted by molar-refractivity contribution is -0.00000606. The van der Waals surface area contributed by atoms with Gasteiger partial charge < -0.3 is 17.1 Å². The molecule has 0 aliphatic carbocycles. The van der Waals surface area contributed by atoms with Crippen molar-refractivity contribution in [3.63, 3.8) is 0 Å². The first kappa shape index (κ1) is 20.6. The van der Waals surface area contributed by atoms with Gasteiger partial charge in [0.25, 0.3) is 0 Å². The molecule has 0 unspecified atom stereocenters. The van der Waals surface area contributed by atoms with E-state index >= 15 is 0 Å². The zero-order valence-electron chi connectivity index (χ0n) is 16.0. The van der Waals surface area contributed by atoms with Crippen LogP contribution < -0.4 is 28.3 Å². The van der Waals surface area contributed by atoms with Crippen molar-refractivity contribution < 1.29 is 17.1 Å². The Labute approximate surface area is 175 Å². The first-order valence-electron chi connectivity index (χ1n) is 9.80. The van der Waals surface area contributed by atoms with E-state index in [0.29, 0.717) is 0 Å². The maximum Gasteiger partial charge on any atom is 0.140 e. The van der Waals surface area contributed by atoms with Crippen molar-refractivity contribution in [3.05, 3.63) is 103 Å². The summed E-state index contributed by atoms with van der Waals surface area (Å²) in [6, 6.07) is 32.9. The Kier molecular flexibility index (Phi) is 7.31. The summed E-state index contributed by atoms with van der Waals surface area (Å²) in [6.07, 6.45) is 4.66. The lowest BCUT2D eigenvalue weighted by Crippen LogP contribution is -3.00. The number of halogens is 1. The highest BCUT2D eigenvalue weighted by Gasteiger charge is 2.44. The SMILES string of the molecule is C(=C1CCCCCO1)[P+](c1ccccc1)(c1ccccc1)c1ccccc1.[Cl-]. The van der Waals surface area contributed by atoms with Crippen molar-refractivity contribution in [2.24, 2.45) is 0 Å². The first-order chi connectivity index (χ1) is 13.4. The van der Waals surface area contributed by atoms with Crippen molar-refractivity contribution in [1.82, 2.24) is 0 Å². The highest BCUT2D eigenvalue weighted by Crippen LogP contribution is 2.58. The van der Waals surface area contributed by atoms with Gasteiger partial charge in [-0.1, -0.05) is 54.6 Å². The molecular formula is C25H26ClOP. The Morgan fingerprint density at radius 2 is 1.07 bits per heavy atom. The molecule has 144 valence electrons. The van der Waals surface area contributed by atoms with Crippen LogP contribution in [0.3, 0.4) is 0 Å². The fraction of sp³-hybridized carbons (Fsp3) is 0.200. The van der Waals surface area contributed by atoms with E-state index in [0.717, 1.165) is 25.2 Å². The van der Waals surface area contributed by atoms with Crippen molar-refractivity contribution in [3.8, 4) is 0 Å². The van der Waals surface area contributed by atoms with E-state index in [-0.39, 0.29) is 12.4 Å². The number of benzene rings is 3. The minimum atomic E-state index is -1.93. The minimum absolute atomic E-state index is 0. The summed E-state index contributed by atoms with van der Waals surface area (Å²) in [5, 5.41) is 4.13. The molecule has 3 aromatic carbocycles. The van der Waals surface area contributed by atoms with Gasteiger partial charge in [-0.05, 0) is 55.7 Å². The minimum Gasteiger partial charge on any atom is -1.00 e. The van der Waals surface area contributed by atoms with E-state index in [9.17, 15) is 0 Å². The zero-order chi connectivity index (χ0) is 18.4. The van der Waals surface area contributed by atoms with Gasteiger partial charge in [0.15, 0.2) is 0 Å². The molecule has 1 heterocycles. The van der Waals surface area contributed by atoms with Crippen molar-refractivity contribution in [2.75, 3.05) is 6.61 Å². The predicted molar refractivity (Wildman–Crippen MR) is 118 cm³/mol. The van der Waals surface area contributed by atoms with E-state index in [2.05, 4.69) is 96.8 Å². The third kappa shape index (κ3) is 4.32. The normalized spacial score (nSPS) is 15.9. The summed E-state index contributed by atoms with van der Waals surface area (Å²) in [7, 11) is -1.93. The molecule has 0 saturated carbocycles. The molecular weight excluding hydrogens is 383 g/mol. The van der Waals surface area contributed by atoms with Crippen molar-refractivity contribution in [2.45, 2.75) is 25.7 Å². The van der Waals surface area contributed by atoms with Gasteiger partial charge in [-0.25, -0.2) is 0 Å². The summed E-state index contributed by atoms with van der Waals surface area (Å²) in [5.41, 5.74) is 0. The molecule has 0 atom stereocenters. The van der Waals surface area contributed by atoms with Crippen LogP contribution in [0.5, 0.6) is 0 Å². The van der Waals surface area contributed by atoms with Gasteiger partial charge in [0, 0.05) is 6.42 Å². The molecule has 4 rings (SSSR count). The summed E-state index contributed by atoms with van der Waals surface area (Å²) < 4.78 is 6.21. The lowest BCUT2D eigenvalue weighted by atomic mass is 10.2. The van der Waals surface area contributed by atoms with E-state index in [1.54, 1.807) is 0 Å². The van der Waals surface area contributed by atoms with Crippen LogP contribution in [-0.4, -0.2) is 6.61 Å². The number of ether oxygens (including phenoxy) is 1. The monoisotopic (exact) mass is 408 g/mol. The third-order valence-corrected chi connectivity index (χ3v) is 9.20. The van der Waals surface area contributed by atoms with Crippen molar-refractivity contribution in [1.29, 1.82) is 0 Å². The Hall–Kier alpha value is -2.08. The van der Waals surface area contributed by atoms with E-state index in [1.165, 1.54) is 28.8 Å². The summed E-state index contributed by atoms with van der Waals surface area (Å²) in [4.78, 5) is 0. The number of hydrogen-bond donors (Lipinski definition) is 0. The Bertz CT molecular complexity index is 772. The van der Waals surface area contributed by atoms with Gasteiger partial charge in [0.1, 0.15) is 34.8 Å². The molecule has 3 heteroatoms. The average molecular weight is 409 g/mol. The van der Waals surface area contributed by atoms with E-state index in [4.69, 9.17) is 4.74 Å². The second-order valence-corrected chi connectivity index (χ2v) is 10.2. The van der Waals surface area contributed by atoms with Crippen LogP contribution in [0.2, 0.25) is 0 Å². The van der Waals surface area contributed by atoms with E-state index < -0.39 is 7.26 Å². The number of rotatable bonds is 4. The molecule has 1 nitrogen and oxygen atoms in total. The average Bonchev–Trinajstić information content (AvgIpc) is 3.02. The largest absolute Gasteiger partial charge is 1.00 e. The highest BCUT2D eigenvalue weighted by atomic mass is 35.5. The molecule has 28 heavy (non-hydrogen) atoms. The molecule has 0 spiro atoms. The molecule has 1 aliphatic rings. The fourth-order valence-electron chi connectivity index (χ4n) is 3.83. The van der Waals surface area contributed by atoms with Gasteiger partial charge in [-0.15, -0.1) is 0 Å². The van der Waals surface area contributed by atoms with Crippen LogP contribution in [0.4, 0.5) is 0 Å². The van der Waals surface area contributed by atoms with Crippen LogP contribution in [0, 0.1) is 0 Å². The fourth-order valence-corrected chi connectivity index (χ4v) is 7.74. The van der Waals surface area contributed by atoms with Gasteiger partial charge in [-0.3, -0.25) is 0 Å². The van der Waals surface area contributed by atoms with Crippen LogP contribution in [0.15, 0.2) is 103 Å². The van der Waals surface area contributed by atoms with Crippen LogP contribution in [0.1, 0.15) is 25.7 Å². The summed E-state index contributed by atoms with van der Waals surface area (Å²) in [5.74, 6) is 3.65. The van der Waals surface area contributed by atoms with Crippen LogP contribution in [0.25, 0.3) is 0 Å². The Morgan fingerprint density at radius 3 is 1.54 bits per heavy atom. The summed E-state index contributed by atoms with van der Waals surface area (Å²) >= 11 is 0. The Balaban J connectivity index is 0.00000225. The van der Waals surface area contributed by atoms with E-state index in [1.807, 2.05) is 0 Å². The Morgan fingerprint density at radius 1 is 0.607 bits per heavy atom. The molecule has 1 saturated heterocycles. The van der Waals surface area contributed by atoms with Gasteiger partial charge >= 0.3 is 0 Å². The third-order valence-electron chi connectivity index (χ3n) is 5.18. The van der Waals surface area contributed by atoms with Gasteiger partial charge in [0.05, 0.1) is 6.61 Å². The van der Waals surface area contributed by atoms with Gasteiger partial charge in [-0.2, -0.15) is 0 Å². The smallest absolute Gasteiger partial charge is 0.140 e. The standard InChI is InChI=1S/C25H26OP.ClH/c1-6-14-23(15-7-1)27(24-16-8-2-9-17-24,25-18-10-3-11-19-25)21-22-13-5-4-12-20-26-22;/h1-3,6-11,14-19,21H,4-5,12-13,20H2;1H/q+1;/p-1. The molecule has 1 fully saturated rings. The highest BCUT2D eigenvalue weighted by molar-refractivity contribution is 7.98. The topological polar surface area (TPSA) is 9.23 Å². The molecule has 0 N–H and O–H groups in total.